The Morgan fingerprint density at radius 1 is 0.976 bits per heavy atom. The molecule has 0 aliphatic heterocycles. The van der Waals surface area contributed by atoms with Crippen molar-refractivity contribution in [3.8, 4) is 28.4 Å². The number of anilines is 1. The maximum atomic E-state index is 13.8. The van der Waals surface area contributed by atoms with Crippen LogP contribution in [0.4, 0.5) is 5.69 Å². The lowest BCUT2D eigenvalue weighted by Gasteiger charge is -2.25. The first-order valence-corrected chi connectivity index (χ1v) is 14.6. The van der Waals surface area contributed by atoms with Crippen molar-refractivity contribution in [3.63, 3.8) is 0 Å². The van der Waals surface area contributed by atoms with E-state index >= 15 is 0 Å². The second-order valence-corrected chi connectivity index (χ2v) is 11.1. The van der Waals surface area contributed by atoms with Gasteiger partial charge in [0.1, 0.15) is 6.04 Å². The molecular weight excluding hydrogens is 522 g/mol. The summed E-state index contributed by atoms with van der Waals surface area (Å²) in [6.07, 6.45) is 6.17. The Labute approximate surface area is 242 Å². The predicted molar refractivity (Wildman–Crippen MR) is 160 cm³/mol. The van der Waals surface area contributed by atoms with Crippen LogP contribution in [0.15, 0.2) is 29.1 Å². The standard InChI is InChI=1S/C32H43N3O6/c1-7-18(2)29(32(38)34-21-10-8-9-11-21)35-25-15-13-22-23(17-26(25)37)24(33-19(3)36)14-12-20-16-27(39-4)30(40-5)31(41-6)28(20)22/h13,15-18,21,24,29H,7-12,14H2,1-6H3,(H,33,36)(H,34,38)(H,35,37)/t18-,24+,29+/m1/s1. The highest BCUT2D eigenvalue weighted by Crippen LogP contribution is 2.50. The molecule has 3 atom stereocenters. The van der Waals surface area contributed by atoms with E-state index in [1.807, 2.05) is 26.0 Å². The molecule has 1 saturated carbocycles. The van der Waals surface area contributed by atoms with Crippen molar-refractivity contribution in [3.05, 3.63) is 45.6 Å². The lowest BCUT2D eigenvalue weighted by atomic mass is 9.95. The fourth-order valence-corrected chi connectivity index (χ4v) is 6.06. The zero-order valence-electron chi connectivity index (χ0n) is 25.0. The van der Waals surface area contributed by atoms with Crippen LogP contribution in [0.1, 0.15) is 76.5 Å². The van der Waals surface area contributed by atoms with Crippen molar-refractivity contribution in [2.75, 3.05) is 26.6 Å². The molecule has 1 fully saturated rings. The Morgan fingerprint density at radius 2 is 1.68 bits per heavy atom. The third kappa shape index (κ3) is 6.44. The summed E-state index contributed by atoms with van der Waals surface area (Å²) in [7, 11) is 4.70. The number of aryl methyl sites for hydroxylation is 1. The van der Waals surface area contributed by atoms with Crippen LogP contribution in [-0.2, 0) is 16.0 Å². The molecule has 0 unspecified atom stereocenters. The van der Waals surface area contributed by atoms with Crippen molar-refractivity contribution in [2.45, 2.75) is 83.8 Å². The van der Waals surface area contributed by atoms with Crippen LogP contribution in [0.5, 0.6) is 17.2 Å². The Morgan fingerprint density at radius 3 is 2.29 bits per heavy atom. The number of nitrogens with one attached hydrogen (secondary N) is 3. The van der Waals surface area contributed by atoms with Gasteiger partial charge in [-0.2, -0.15) is 0 Å². The maximum absolute atomic E-state index is 13.8. The number of hydrogen-bond acceptors (Lipinski definition) is 7. The summed E-state index contributed by atoms with van der Waals surface area (Å²) in [6.45, 7) is 5.52. The second-order valence-electron chi connectivity index (χ2n) is 11.1. The van der Waals surface area contributed by atoms with Crippen LogP contribution in [0.25, 0.3) is 11.1 Å². The lowest BCUT2D eigenvalue weighted by molar-refractivity contribution is -0.123. The third-order valence-electron chi connectivity index (χ3n) is 8.42. The van der Waals surface area contributed by atoms with Crippen molar-refractivity contribution >= 4 is 17.5 Å². The van der Waals surface area contributed by atoms with Gasteiger partial charge in [0, 0.05) is 18.5 Å². The van der Waals surface area contributed by atoms with Gasteiger partial charge in [-0.15, -0.1) is 0 Å². The number of methoxy groups -OCH3 is 3. The van der Waals surface area contributed by atoms with Crippen molar-refractivity contribution < 1.29 is 23.8 Å². The van der Waals surface area contributed by atoms with Crippen LogP contribution in [0, 0.1) is 5.92 Å². The van der Waals surface area contributed by atoms with Gasteiger partial charge in [0.15, 0.2) is 11.5 Å². The van der Waals surface area contributed by atoms with Crippen molar-refractivity contribution in [1.29, 1.82) is 0 Å². The topological polar surface area (TPSA) is 115 Å². The number of carbonyl (C=O) groups excluding carboxylic acids is 2. The Kier molecular flexibility index (Phi) is 9.78. The maximum Gasteiger partial charge on any atom is 0.242 e. The van der Waals surface area contributed by atoms with Crippen LogP contribution < -0.4 is 35.6 Å². The molecule has 3 N–H and O–H groups in total. The van der Waals surface area contributed by atoms with Crippen molar-refractivity contribution in [1.82, 2.24) is 10.6 Å². The first kappa shape index (κ1) is 30.2. The molecule has 9 nitrogen and oxygen atoms in total. The van der Waals surface area contributed by atoms with Gasteiger partial charge in [0.05, 0.1) is 33.1 Å². The summed E-state index contributed by atoms with van der Waals surface area (Å²) in [4.78, 5) is 39.4. The van der Waals surface area contributed by atoms with Gasteiger partial charge in [0.25, 0.3) is 0 Å². The Bertz CT molecular complexity index is 1340. The summed E-state index contributed by atoms with van der Waals surface area (Å²) in [5, 5.41) is 9.51. The molecule has 2 aliphatic rings. The summed E-state index contributed by atoms with van der Waals surface area (Å²) >= 11 is 0. The number of amides is 2. The van der Waals surface area contributed by atoms with Crippen molar-refractivity contribution in [2.24, 2.45) is 5.92 Å². The molecule has 0 aromatic heterocycles. The molecule has 2 aliphatic carbocycles. The first-order valence-electron chi connectivity index (χ1n) is 14.6. The van der Waals surface area contributed by atoms with Gasteiger partial charge in [-0.1, -0.05) is 39.2 Å². The van der Waals surface area contributed by atoms with Gasteiger partial charge >= 0.3 is 0 Å². The summed E-state index contributed by atoms with van der Waals surface area (Å²) in [5.41, 5.74) is 3.23. The minimum absolute atomic E-state index is 0.00353. The highest BCUT2D eigenvalue weighted by Gasteiger charge is 2.31. The molecule has 2 amide bonds. The number of carbonyl (C=O) groups is 2. The van der Waals surface area contributed by atoms with E-state index in [0.717, 1.165) is 48.8 Å². The van der Waals surface area contributed by atoms with E-state index < -0.39 is 12.1 Å². The van der Waals surface area contributed by atoms with Gasteiger partial charge in [-0.3, -0.25) is 14.4 Å². The van der Waals surface area contributed by atoms with E-state index in [9.17, 15) is 14.4 Å². The average Bonchev–Trinajstić information content (AvgIpc) is 3.36. The molecule has 0 spiro atoms. The lowest BCUT2D eigenvalue weighted by Crippen LogP contribution is -2.47. The molecule has 2 aromatic carbocycles. The normalized spacial score (nSPS) is 17.8. The first-order chi connectivity index (χ1) is 19.7. The van der Waals surface area contributed by atoms with Gasteiger partial charge < -0.3 is 30.2 Å². The predicted octanol–water partition coefficient (Wildman–Crippen LogP) is 4.75. The SMILES string of the molecule is CC[C@@H](C)[C@H](Nc1ccc2c(cc1=O)[C@@H](NC(C)=O)CCc1cc(OC)c(OC)c(OC)c1-2)C(=O)NC1CCCC1. The van der Waals surface area contributed by atoms with E-state index in [1.165, 1.54) is 6.92 Å². The fourth-order valence-electron chi connectivity index (χ4n) is 6.06. The van der Waals surface area contributed by atoms with Gasteiger partial charge in [0.2, 0.25) is 23.0 Å². The number of ether oxygens (including phenoxy) is 3. The second kappa shape index (κ2) is 13.3. The number of fused-ring (bicyclic) bond motifs is 3. The zero-order valence-corrected chi connectivity index (χ0v) is 25.0. The summed E-state index contributed by atoms with van der Waals surface area (Å²) in [5.74, 6) is 1.21. The number of hydrogen-bond donors (Lipinski definition) is 3. The highest BCUT2D eigenvalue weighted by atomic mass is 16.5. The molecular formula is C32H43N3O6. The van der Waals surface area contributed by atoms with E-state index in [4.69, 9.17) is 14.2 Å². The highest BCUT2D eigenvalue weighted by molar-refractivity contribution is 5.86. The van der Waals surface area contributed by atoms with Gasteiger partial charge in [-0.25, -0.2) is 0 Å². The molecule has 0 bridgehead atoms. The molecule has 0 saturated heterocycles. The summed E-state index contributed by atoms with van der Waals surface area (Å²) in [6, 6.07) is 6.32. The van der Waals surface area contributed by atoms with Gasteiger partial charge in [-0.05, 0) is 66.5 Å². The minimum Gasteiger partial charge on any atom is -0.493 e. The Hall–Kier alpha value is -3.75. The molecule has 0 radical (unpaired) electrons. The molecule has 222 valence electrons. The third-order valence-corrected chi connectivity index (χ3v) is 8.42. The van der Waals surface area contributed by atoms with Crippen LogP contribution in [0.2, 0.25) is 0 Å². The van der Waals surface area contributed by atoms with E-state index in [0.29, 0.717) is 41.3 Å². The van der Waals surface area contributed by atoms with E-state index in [2.05, 4.69) is 16.0 Å². The minimum atomic E-state index is -0.562. The largest absolute Gasteiger partial charge is 0.493 e. The number of rotatable bonds is 10. The average molecular weight is 566 g/mol. The smallest absolute Gasteiger partial charge is 0.242 e. The zero-order chi connectivity index (χ0) is 29.7. The fraction of sp³-hybridized carbons (Fsp3) is 0.531. The summed E-state index contributed by atoms with van der Waals surface area (Å²) < 4.78 is 17.1. The van der Waals surface area contributed by atoms with E-state index in [1.54, 1.807) is 33.5 Å². The van der Waals surface area contributed by atoms with Crippen LogP contribution >= 0.6 is 0 Å². The molecule has 9 heteroatoms. The quantitative estimate of drug-likeness (QED) is 0.381. The number of benzene rings is 1. The van der Waals surface area contributed by atoms with E-state index in [-0.39, 0.29) is 29.2 Å². The molecule has 2 aromatic rings. The molecule has 41 heavy (non-hydrogen) atoms. The van der Waals surface area contributed by atoms with Crippen LogP contribution in [-0.4, -0.2) is 45.2 Å². The van der Waals surface area contributed by atoms with Crippen LogP contribution in [0.3, 0.4) is 0 Å². The molecule has 4 rings (SSSR count). The monoisotopic (exact) mass is 565 g/mol. The Balaban J connectivity index is 1.86. The molecule has 0 heterocycles.